The van der Waals surface area contributed by atoms with Crippen molar-refractivity contribution in [1.29, 1.82) is 0 Å². The fourth-order valence-electron chi connectivity index (χ4n) is 2.56. The quantitative estimate of drug-likeness (QED) is 0.727. The lowest BCUT2D eigenvalue weighted by Crippen LogP contribution is -2.86. The first-order valence-corrected chi connectivity index (χ1v) is 8.33. The second-order valence-electron chi connectivity index (χ2n) is 6.13. The predicted molar refractivity (Wildman–Crippen MR) is 97.0 cm³/mol. The molecule has 1 aromatic heterocycles. The lowest BCUT2D eigenvalue weighted by Gasteiger charge is -2.10. The van der Waals surface area contributed by atoms with Gasteiger partial charge in [-0.05, 0) is 13.8 Å². The zero-order valence-electron chi connectivity index (χ0n) is 14.4. The van der Waals surface area contributed by atoms with Gasteiger partial charge in [-0.15, -0.1) is 0 Å². The number of hydrogen-bond acceptors (Lipinski definition) is 3. The summed E-state index contributed by atoms with van der Waals surface area (Å²) in [6, 6.07) is 20.0. The molecule has 0 fully saturated rings. The largest absolute Gasteiger partial charge is 0.338 e. The first-order valence-electron chi connectivity index (χ1n) is 8.33. The number of carbonyl (C=O) groups excluding carboxylic acids is 1. The number of aryl methyl sites for hydroxylation is 1. The molecule has 0 saturated heterocycles. The first kappa shape index (κ1) is 16.9. The van der Waals surface area contributed by atoms with Gasteiger partial charge in [-0.1, -0.05) is 65.3 Å². The van der Waals surface area contributed by atoms with E-state index in [1.807, 2.05) is 54.7 Å². The van der Waals surface area contributed by atoms with Gasteiger partial charge in [-0.25, -0.2) is 0 Å². The molecule has 0 saturated carbocycles. The second kappa shape index (κ2) is 7.77. The lowest BCUT2D eigenvalue weighted by molar-refractivity contribution is -0.682. The molecule has 0 bridgehead atoms. The summed E-state index contributed by atoms with van der Waals surface area (Å²) < 4.78 is 5.22. The normalized spacial score (nSPS) is 11.9. The number of nitrogens with two attached hydrogens (primary N) is 1. The van der Waals surface area contributed by atoms with Gasteiger partial charge in [-0.2, -0.15) is 0 Å². The molecule has 25 heavy (non-hydrogen) atoms. The minimum atomic E-state index is -0.116. The molecule has 0 radical (unpaired) electrons. The summed E-state index contributed by atoms with van der Waals surface area (Å²) in [5.74, 6) is 0.246. The highest BCUT2D eigenvalue weighted by atomic mass is 16.5. The summed E-state index contributed by atoms with van der Waals surface area (Å²) in [5.41, 5.74) is 4.04. The second-order valence-corrected chi connectivity index (χ2v) is 6.13. The van der Waals surface area contributed by atoms with E-state index in [1.54, 1.807) is 6.07 Å². The maximum atomic E-state index is 12.1. The summed E-state index contributed by atoms with van der Waals surface area (Å²) in [4.78, 5) is 12.1. The van der Waals surface area contributed by atoms with Gasteiger partial charge >= 0.3 is 0 Å². The van der Waals surface area contributed by atoms with Crippen molar-refractivity contribution >= 4 is 11.8 Å². The highest BCUT2D eigenvalue weighted by molar-refractivity contribution is 5.90. The van der Waals surface area contributed by atoms with Crippen LogP contribution in [0.3, 0.4) is 0 Å². The molecular formula is C20H22N3O2+. The number of rotatable bonds is 6. The van der Waals surface area contributed by atoms with Crippen LogP contribution in [0.2, 0.25) is 0 Å². The topological polar surface area (TPSA) is 71.7 Å². The maximum absolute atomic E-state index is 12.1. The average Bonchev–Trinajstić information content (AvgIpc) is 3.09. The molecule has 0 aliphatic carbocycles. The fourth-order valence-corrected chi connectivity index (χ4v) is 2.56. The Morgan fingerprint density at radius 1 is 1.16 bits per heavy atom. The Kier molecular flexibility index (Phi) is 5.26. The van der Waals surface area contributed by atoms with Crippen molar-refractivity contribution in [2.24, 2.45) is 0 Å². The zero-order valence-corrected chi connectivity index (χ0v) is 14.4. The standard InChI is InChI=1S/C20H21N3O2/c1-14-8-10-17(11-9-14)18-12-20(25-23-18)22-19(24)13-21-15(2)16-6-4-3-5-7-16/h3-12,15,21H,13H2,1-2H3,(H,22,24)/p+1/t15-/m1/s1. The summed E-state index contributed by atoms with van der Waals surface area (Å²) in [6.45, 7) is 4.42. The van der Waals surface area contributed by atoms with Crippen molar-refractivity contribution in [1.82, 2.24) is 5.16 Å². The SMILES string of the molecule is Cc1ccc(-c2cc(NC(=O)C[NH2+][C@H](C)c3ccccc3)on2)cc1. The van der Waals surface area contributed by atoms with Crippen molar-refractivity contribution in [2.75, 3.05) is 11.9 Å². The van der Waals surface area contributed by atoms with Gasteiger partial charge in [-0.3, -0.25) is 10.1 Å². The van der Waals surface area contributed by atoms with E-state index in [9.17, 15) is 4.79 Å². The smallest absolute Gasteiger partial charge is 0.281 e. The maximum Gasteiger partial charge on any atom is 0.281 e. The van der Waals surface area contributed by atoms with Crippen LogP contribution >= 0.6 is 0 Å². The van der Waals surface area contributed by atoms with E-state index < -0.39 is 0 Å². The van der Waals surface area contributed by atoms with Gasteiger partial charge in [0.25, 0.3) is 5.91 Å². The van der Waals surface area contributed by atoms with E-state index in [0.717, 1.165) is 5.56 Å². The third-order valence-electron chi connectivity index (χ3n) is 4.10. The molecule has 1 heterocycles. The van der Waals surface area contributed by atoms with Gasteiger partial charge in [0, 0.05) is 17.2 Å². The van der Waals surface area contributed by atoms with E-state index in [1.165, 1.54) is 11.1 Å². The Balaban J connectivity index is 1.54. The van der Waals surface area contributed by atoms with Crippen molar-refractivity contribution in [2.45, 2.75) is 19.9 Å². The first-order chi connectivity index (χ1) is 12.1. The molecule has 3 aromatic rings. The van der Waals surface area contributed by atoms with Crippen molar-refractivity contribution in [3.05, 3.63) is 71.8 Å². The molecular weight excluding hydrogens is 314 g/mol. The van der Waals surface area contributed by atoms with Crippen LogP contribution < -0.4 is 10.6 Å². The van der Waals surface area contributed by atoms with Gasteiger partial charge in [0.15, 0.2) is 6.54 Å². The van der Waals surface area contributed by atoms with E-state index in [-0.39, 0.29) is 11.9 Å². The number of quaternary nitrogens is 1. The van der Waals surface area contributed by atoms with Crippen molar-refractivity contribution in [3.8, 4) is 11.3 Å². The highest BCUT2D eigenvalue weighted by Gasteiger charge is 2.13. The molecule has 0 aliphatic rings. The monoisotopic (exact) mass is 336 g/mol. The van der Waals surface area contributed by atoms with Gasteiger partial charge < -0.3 is 9.84 Å². The van der Waals surface area contributed by atoms with Crippen molar-refractivity contribution in [3.63, 3.8) is 0 Å². The van der Waals surface area contributed by atoms with Crippen LogP contribution in [0.5, 0.6) is 0 Å². The number of amides is 1. The highest BCUT2D eigenvalue weighted by Crippen LogP contribution is 2.21. The molecule has 3 N–H and O–H groups in total. The Hall–Kier alpha value is -2.92. The summed E-state index contributed by atoms with van der Waals surface area (Å²) in [7, 11) is 0. The van der Waals surface area contributed by atoms with E-state index >= 15 is 0 Å². The third-order valence-corrected chi connectivity index (χ3v) is 4.10. The molecule has 1 atom stereocenters. The molecule has 128 valence electrons. The van der Waals surface area contributed by atoms with Gasteiger partial charge in [0.05, 0.1) is 0 Å². The molecule has 0 unspecified atom stereocenters. The van der Waals surface area contributed by atoms with Crippen LogP contribution in [0, 0.1) is 6.92 Å². The fraction of sp³-hybridized carbons (Fsp3) is 0.200. The number of nitrogens with zero attached hydrogens (tertiary/aromatic N) is 1. The number of nitrogens with one attached hydrogen (secondary N) is 1. The third kappa shape index (κ3) is 4.55. The predicted octanol–water partition coefficient (Wildman–Crippen LogP) is 2.91. The number of carbonyl (C=O) groups is 1. The number of aromatic nitrogens is 1. The summed E-state index contributed by atoms with van der Waals surface area (Å²) >= 11 is 0. The Bertz CT molecular complexity index is 826. The number of anilines is 1. The minimum Gasteiger partial charge on any atom is -0.338 e. The Morgan fingerprint density at radius 3 is 2.60 bits per heavy atom. The molecule has 5 heteroatoms. The number of benzene rings is 2. The van der Waals surface area contributed by atoms with Crippen LogP contribution in [0.1, 0.15) is 24.1 Å². The average molecular weight is 336 g/mol. The van der Waals surface area contributed by atoms with Crippen LogP contribution in [0.15, 0.2) is 65.2 Å². The molecule has 0 spiro atoms. The van der Waals surface area contributed by atoms with E-state index in [4.69, 9.17) is 4.52 Å². The van der Waals surface area contributed by atoms with Crippen LogP contribution in [-0.2, 0) is 4.79 Å². The van der Waals surface area contributed by atoms with Gasteiger partial charge in [0.2, 0.25) is 5.88 Å². The summed E-state index contributed by atoms with van der Waals surface area (Å²) in [6.07, 6.45) is 0. The Labute approximate surface area is 147 Å². The number of hydrogen-bond donors (Lipinski definition) is 2. The van der Waals surface area contributed by atoms with E-state index in [0.29, 0.717) is 18.1 Å². The molecule has 1 amide bonds. The van der Waals surface area contributed by atoms with E-state index in [2.05, 4.69) is 29.5 Å². The molecule has 3 rings (SSSR count). The molecule has 0 aliphatic heterocycles. The summed E-state index contributed by atoms with van der Waals surface area (Å²) in [5, 5.41) is 8.75. The van der Waals surface area contributed by atoms with Crippen LogP contribution in [0.4, 0.5) is 5.88 Å². The molecule has 5 nitrogen and oxygen atoms in total. The van der Waals surface area contributed by atoms with Crippen LogP contribution in [-0.4, -0.2) is 17.6 Å². The lowest BCUT2D eigenvalue weighted by atomic mass is 10.1. The Morgan fingerprint density at radius 2 is 1.88 bits per heavy atom. The van der Waals surface area contributed by atoms with Gasteiger partial charge in [0.1, 0.15) is 11.7 Å². The van der Waals surface area contributed by atoms with Crippen molar-refractivity contribution < 1.29 is 14.6 Å². The zero-order chi connectivity index (χ0) is 17.6. The minimum absolute atomic E-state index is 0.116. The van der Waals surface area contributed by atoms with Crippen LogP contribution in [0.25, 0.3) is 11.3 Å². The molecule has 2 aromatic carbocycles.